The molecule has 0 bridgehead atoms. The minimum Gasteiger partial charge on any atom is -0.314 e. The van der Waals surface area contributed by atoms with Gasteiger partial charge >= 0.3 is 7.60 Å². The van der Waals surface area contributed by atoms with E-state index >= 15 is 0 Å². The lowest BCUT2D eigenvalue weighted by molar-refractivity contribution is 0.211. The van der Waals surface area contributed by atoms with Crippen molar-refractivity contribution in [3.63, 3.8) is 0 Å². The van der Waals surface area contributed by atoms with Gasteiger partial charge in [0.25, 0.3) is 0 Å². The molecule has 0 amide bonds. The molecule has 2 N–H and O–H groups in total. The molecule has 0 saturated carbocycles. The Morgan fingerprint density at radius 3 is 1.95 bits per heavy atom. The summed E-state index contributed by atoms with van der Waals surface area (Å²) in [6, 6.07) is 0.918. The number of halogens is 3. The summed E-state index contributed by atoms with van der Waals surface area (Å²) < 4.78 is 62.1. The van der Waals surface area contributed by atoms with Gasteiger partial charge in [-0.15, -0.1) is 0 Å². The first-order chi connectivity index (χ1) is 8.85. The van der Waals surface area contributed by atoms with Crippen LogP contribution in [0.4, 0.5) is 13.2 Å². The molecular formula is C11H15F3NO3P. The van der Waals surface area contributed by atoms with E-state index in [0.717, 1.165) is 0 Å². The average Bonchev–Trinajstić information content (AvgIpc) is 2.27. The maximum Gasteiger partial charge on any atom is 0.351 e. The number of benzene rings is 1. The van der Waals surface area contributed by atoms with Crippen LogP contribution in [0.5, 0.6) is 0 Å². The van der Waals surface area contributed by atoms with E-state index in [9.17, 15) is 17.7 Å². The average molecular weight is 297 g/mol. The zero-order chi connectivity index (χ0) is 14.6. The first-order valence-electron chi connectivity index (χ1n) is 5.64. The lowest BCUT2D eigenvalue weighted by atomic mass is 10.2. The van der Waals surface area contributed by atoms with Crippen LogP contribution in [-0.4, -0.2) is 13.2 Å². The smallest absolute Gasteiger partial charge is 0.314 e. The van der Waals surface area contributed by atoms with Crippen LogP contribution >= 0.6 is 7.60 Å². The first-order valence-corrected chi connectivity index (χ1v) is 7.25. The first kappa shape index (κ1) is 16.2. The van der Waals surface area contributed by atoms with Crippen LogP contribution in [0.25, 0.3) is 0 Å². The Balaban J connectivity index is 3.24. The van der Waals surface area contributed by atoms with Crippen LogP contribution in [0.1, 0.15) is 25.2 Å². The molecule has 108 valence electrons. The van der Waals surface area contributed by atoms with E-state index in [1.54, 1.807) is 0 Å². The van der Waals surface area contributed by atoms with Gasteiger partial charge in [-0.2, -0.15) is 0 Å². The standard InChI is InChI=1S/C11H15F3NO3P/c1-3-17-19(16,18-4-2)11(15)10-8(13)5-7(12)6-9(10)14/h5-6,11H,3-4,15H2,1-2H3/t11-/m1/s1. The highest BCUT2D eigenvalue weighted by Crippen LogP contribution is 2.58. The maximum absolute atomic E-state index is 13.6. The summed E-state index contributed by atoms with van der Waals surface area (Å²) in [5.41, 5.74) is 4.87. The molecule has 0 aliphatic carbocycles. The molecule has 1 rings (SSSR count). The van der Waals surface area contributed by atoms with Gasteiger partial charge in [-0.05, 0) is 13.8 Å². The van der Waals surface area contributed by atoms with Gasteiger partial charge in [-0.1, -0.05) is 0 Å². The molecule has 0 aliphatic heterocycles. The van der Waals surface area contributed by atoms with Gasteiger partial charge < -0.3 is 14.8 Å². The van der Waals surface area contributed by atoms with E-state index in [1.807, 2.05) is 0 Å². The SMILES string of the molecule is CCOP(=O)(OCC)[C@@H](N)c1c(F)cc(F)cc1F. The molecule has 0 unspecified atom stereocenters. The van der Waals surface area contributed by atoms with Gasteiger partial charge in [0, 0.05) is 12.1 Å². The number of rotatable bonds is 6. The molecule has 19 heavy (non-hydrogen) atoms. The highest BCUT2D eigenvalue weighted by molar-refractivity contribution is 7.54. The molecule has 0 saturated heterocycles. The van der Waals surface area contributed by atoms with Crippen LogP contribution in [0.15, 0.2) is 12.1 Å². The summed E-state index contributed by atoms with van der Waals surface area (Å²) in [6.07, 6.45) is 0. The summed E-state index contributed by atoms with van der Waals surface area (Å²) in [6.45, 7) is 3.07. The molecule has 0 fully saturated rings. The topological polar surface area (TPSA) is 61.5 Å². The maximum atomic E-state index is 13.6. The second-order valence-corrected chi connectivity index (χ2v) is 5.76. The zero-order valence-corrected chi connectivity index (χ0v) is 11.4. The highest BCUT2D eigenvalue weighted by Gasteiger charge is 2.37. The summed E-state index contributed by atoms with van der Waals surface area (Å²) in [5, 5.41) is 0. The molecule has 0 aliphatic rings. The van der Waals surface area contributed by atoms with Crippen molar-refractivity contribution in [1.82, 2.24) is 0 Å². The lowest BCUT2D eigenvalue weighted by Gasteiger charge is -2.24. The minimum absolute atomic E-state index is 0.00455. The van der Waals surface area contributed by atoms with Gasteiger partial charge in [0.2, 0.25) is 0 Å². The lowest BCUT2D eigenvalue weighted by Crippen LogP contribution is -2.18. The van der Waals surface area contributed by atoms with Gasteiger partial charge in [0.1, 0.15) is 23.2 Å². The van der Waals surface area contributed by atoms with Crippen molar-refractivity contribution in [2.24, 2.45) is 5.73 Å². The third kappa shape index (κ3) is 3.57. The number of hydrogen-bond donors (Lipinski definition) is 1. The fourth-order valence-electron chi connectivity index (χ4n) is 1.55. The fourth-order valence-corrected chi connectivity index (χ4v) is 3.23. The summed E-state index contributed by atoms with van der Waals surface area (Å²) in [7, 11) is -3.93. The van der Waals surface area contributed by atoms with Crippen molar-refractivity contribution in [3.8, 4) is 0 Å². The predicted molar refractivity (Wildman–Crippen MR) is 64.1 cm³/mol. The molecule has 4 nitrogen and oxygen atoms in total. The summed E-state index contributed by atoms with van der Waals surface area (Å²) >= 11 is 0. The molecule has 8 heteroatoms. The molecule has 0 heterocycles. The van der Waals surface area contributed by atoms with E-state index in [-0.39, 0.29) is 13.2 Å². The van der Waals surface area contributed by atoms with Crippen molar-refractivity contribution < 1.29 is 26.8 Å². The largest absolute Gasteiger partial charge is 0.351 e. The van der Waals surface area contributed by atoms with E-state index in [2.05, 4.69) is 0 Å². The quantitative estimate of drug-likeness (QED) is 0.818. The van der Waals surface area contributed by atoms with Crippen LogP contribution in [-0.2, 0) is 13.6 Å². The van der Waals surface area contributed by atoms with E-state index in [1.165, 1.54) is 13.8 Å². The van der Waals surface area contributed by atoms with Crippen molar-refractivity contribution in [1.29, 1.82) is 0 Å². The van der Waals surface area contributed by atoms with Crippen LogP contribution in [0, 0.1) is 17.5 Å². The van der Waals surface area contributed by atoms with Crippen LogP contribution in [0.2, 0.25) is 0 Å². The molecule has 1 atom stereocenters. The second kappa shape index (κ2) is 6.52. The highest BCUT2D eigenvalue weighted by atomic mass is 31.2. The Hall–Kier alpha value is -0.880. The molecule has 0 aromatic heterocycles. The van der Waals surface area contributed by atoms with Crippen molar-refractivity contribution in [2.75, 3.05) is 13.2 Å². The van der Waals surface area contributed by atoms with Crippen molar-refractivity contribution in [2.45, 2.75) is 19.6 Å². The van der Waals surface area contributed by atoms with Gasteiger partial charge in [-0.3, -0.25) is 4.57 Å². The molecule has 1 aromatic carbocycles. The van der Waals surface area contributed by atoms with Crippen molar-refractivity contribution in [3.05, 3.63) is 35.1 Å². The van der Waals surface area contributed by atoms with E-state index in [4.69, 9.17) is 14.8 Å². The number of nitrogens with two attached hydrogens (primary N) is 1. The second-order valence-electron chi connectivity index (χ2n) is 3.60. The van der Waals surface area contributed by atoms with E-state index in [0.29, 0.717) is 12.1 Å². The van der Waals surface area contributed by atoms with Crippen LogP contribution in [0.3, 0.4) is 0 Å². The Bertz CT molecular complexity index is 465. The minimum atomic E-state index is -3.93. The van der Waals surface area contributed by atoms with Gasteiger partial charge in [0.15, 0.2) is 0 Å². The zero-order valence-electron chi connectivity index (χ0n) is 10.5. The molecule has 0 radical (unpaired) electrons. The fraction of sp³-hybridized carbons (Fsp3) is 0.455. The summed E-state index contributed by atoms with van der Waals surface area (Å²) in [4.78, 5) is 0. The van der Waals surface area contributed by atoms with E-state index < -0.39 is 36.4 Å². The summed E-state index contributed by atoms with van der Waals surface area (Å²) in [5.74, 6) is -5.21. The molecule has 1 aromatic rings. The Morgan fingerprint density at radius 1 is 1.16 bits per heavy atom. The van der Waals surface area contributed by atoms with Gasteiger partial charge in [0.05, 0.1) is 18.8 Å². The Morgan fingerprint density at radius 2 is 1.58 bits per heavy atom. The van der Waals surface area contributed by atoms with Crippen molar-refractivity contribution >= 4 is 7.60 Å². The Labute approximate surface area is 109 Å². The number of hydrogen-bond acceptors (Lipinski definition) is 4. The third-order valence-electron chi connectivity index (χ3n) is 2.30. The van der Waals surface area contributed by atoms with Gasteiger partial charge in [-0.25, -0.2) is 13.2 Å². The monoisotopic (exact) mass is 297 g/mol. The molecular weight excluding hydrogens is 282 g/mol. The molecule has 0 spiro atoms. The Kier molecular flexibility index (Phi) is 5.55. The normalized spacial score (nSPS) is 13.6. The predicted octanol–water partition coefficient (Wildman–Crippen LogP) is 3.33. The third-order valence-corrected chi connectivity index (χ3v) is 4.47. The van der Waals surface area contributed by atoms with Crippen LogP contribution < -0.4 is 5.73 Å².